The first-order chi connectivity index (χ1) is 8.40. The molecular formula is C15H26N2. The van der Waals surface area contributed by atoms with Gasteiger partial charge in [0.1, 0.15) is 0 Å². The largest absolute Gasteiger partial charge is 0.364 e. The van der Waals surface area contributed by atoms with Crippen LogP contribution < -0.4 is 5.32 Å². The van der Waals surface area contributed by atoms with E-state index in [4.69, 9.17) is 0 Å². The number of nitrogens with one attached hydrogen (secondary N) is 2. The summed E-state index contributed by atoms with van der Waals surface area (Å²) in [6.07, 6.45) is 11.8. The molecule has 1 aromatic rings. The second-order valence-corrected chi connectivity index (χ2v) is 5.37. The highest BCUT2D eigenvalue weighted by atomic mass is 14.9. The smallest absolute Gasteiger partial charge is 0.0475 e. The number of rotatable bonds is 6. The van der Waals surface area contributed by atoms with Crippen LogP contribution in [0, 0.1) is 5.92 Å². The van der Waals surface area contributed by atoms with Gasteiger partial charge in [0.2, 0.25) is 0 Å². The standard InChI is InChI=1S/C15H26N2/c1-2-10-16-15(14-9-6-11-17-14)12-13-7-4-3-5-8-13/h6,9,11,13,15-17H,2-5,7-8,10,12H2,1H3. The van der Waals surface area contributed by atoms with Crippen molar-refractivity contribution in [2.45, 2.75) is 57.9 Å². The van der Waals surface area contributed by atoms with Gasteiger partial charge in [-0.2, -0.15) is 0 Å². The summed E-state index contributed by atoms with van der Waals surface area (Å²) in [5.74, 6) is 0.932. The van der Waals surface area contributed by atoms with Gasteiger partial charge < -0.3 is 10.3 Å². The SMILES string of the molecule is CCCNC(CC1CCCCC1)c1ccc[nH]1. The van der Waals surface area contributed by atoms with Crippen molar-refractivity contribution in [1.29, 1.82) is 0 Å². The van der Waals surface area contributed by atoms with Crippen molar-refractivity contribution >= 4 is 0 Å². The predicted octanol–water partition coefficient (Wildman–Crippen LogP) is 4.03. The number of hydrogen-bond donors (Lipinski definition) is 2. The molecule has 0 spiro atoms. The van der Waals surface area contributed by atoms with Gasteiger partial charge in [-0.25, -0.2) is 0 Å². The van der Waals surface area contributed by atoms with Crippen molar-refractivity contribution in [2.24, 2.45) is 5.92 Å². The van der Waals surface area contributed by atoms with E-state index < -0.39 is 0 Å². The van der Waals surface area contributed by atoms with Crippen LogP contribution in [0.25, 0.3) is 0 Å². The molecular weight excluding hydrogens is 208 g/mol. The lowest BCUT2D eigenvalue weighted by Crippen LogP contribution is -2.25. The highest BCUT2D eigenvalue weighted by Gasteiger charge is 2.20. The first-order valence-corrected chi connectivity index (χ1v) is 7.27. The van der Waals surface area contributed by atoms with Crippen molar-refractivity contribution in [3.8, 4) is 0 Å². The fourth-order valence-electron chi connectivity index (χ4n) is 2.96. The molecule has 1 heterocycles. The van der Waals surface area contributed by atoms with Crippen molar-refractivity contribution < 1.29 is 0 Å². The Labute approximate surface area is 105 Å². The van der Waals surface area contributed by atoms with Gasteiger partial charge in [0, 0.05) is 17.9 Å². The molecule has 1 atom stereocenters. The summed E-state index contributed by atoms with van der Waals surface area (Å²) < 4.78 is 0. The first kappa shape index (κ1) is 12.7. The van der Waals surface area contributed by atoms with E-state index in [0.717, 1.165) is 12.5 Å². The van der Waals surface area contributed by atoms with Crippen molar-refractivity contribution in [3.05, 3.63) is 24.0 Å². The van der Waals surface area contributed by atoms with Gasteiger partial charge in [-0.1, -0.05) is 39.0 Å². The van der Waals surface area contributed by atoms with Crippen LogP contribution in [0.3, 0.4) is 0 Å². The Morgan fingerprint density at radius 3 is 2.82 bits per heavy atom. The van der Waals surface area contributed by atoms with E-state index in [2.05, 4.69) is 29.4 Å². The quantitative estimate of drug-likeness (QED) is 0.764. The van der Waals surface area contributed by atoms with Gasteiger partial charge >= 0.3 is 0 Å². The third-order valence-electron chi connectivity index (χ3n) is 3.93. The zero-order valence-corrected chi connectivity index (χ0v) is 11.0. The monoisotopic (exact) mass is 234 g/mol. The molecule has 0 bridgehead atoms. The van der Waals surface area contributed by atoms with E-state index in [-0.39, 0.29) is 0 Å². The van der Waals surface area contributed by atoms with E-state index in [1.54, 1.807) is 0 Å². The number of hydrogen-bond acceptors (Lipinski definition) is 1. The Morgan fingerprint density at radius 1 is 1.35 bits per heavy atom. The molecule has 2 heteroatoms. The van der Waals surface area contributed by atoms with Gasteiger partial charge in [0.25, 0.3) is 0 Å². The summed E-state index contributed by atoms with van der Waals surface area (Å²) in [5, 5.41) is 3.69. The highest BCUT2D eigenvalue weighted by Crippen LogP contribution is 2.31. The molecule has 0 saturated heterocycles. The van der Waals surface area contributed by atoms with E-state index in [9.17, 15) is 0 Å². The summed E-state index contributed by atoms with van der Waals surface area (Å²) in [6.45, 7) is 3.36. The summed E-state index contributed by atoms with van der Waals surface area (Å²) in [7, 11) is 0. The molecule has 2 nitrogen and oxygen atoms in total. The summed E-state index contributed by atoms with van der Waals surface area (Å²) in [6, 6.07) is 4.86. The molecule has 17 heavy (non-hydrogen) atoms. The number of aromatic nitrogens is 1. The molecule has 1 unspecified atom stereocenters. The lowest BCUT2D eigenvalue weighted by atomic mass is 9.84. The van der Waals surface area contributed by atoms with E-state index in [0.29, 0.717) is 6.04 Å². The molecule has 0 aliphatic heterocycles. The van der Waals surface area contributed by atoms with Crippen LogP contribution in [0.4, 0.5) is 0 Å². The number of H-pyrrole nitrogens is 1. The molecule has 1 saturated carbocycles. The van der Waals surface area contributed by atoms with Crippen molar-refractivity contribution in [1.82, 2.24) is 10.3 Å². The van der Waals surface area contributed by atoms with Crippen LogP contribution in [0.1, 0.15) is 63.6 Å². The van der Waals surface area contributed by atoms with Gasteiger partial charge in [-0.3, -0.25) is 0 Å². The zero-order valence-electron chi connectivity index (χ0n) is 11.0. The Balaban J connectivity index is 1.90. The van der Waals surface area contributed by atoms with E-state index >= 15 is 0 Å². The average Bonchev–Trinajstić information content (AvgIpc) is 2.89. The van der Waals surface area contributed by atoms with Crippen LogP contribution in [-0.2, 0) is 0 Å². The Kier molecular flexibility index (Phi) is 5.11. The maximum Gasteiger partial charge on any atom is 0.0475 e. The fraction of sp³-hybridized carbons (Fsp3) is 0.733. The van der Waals surface area contributed by atoms with Crippen LogP contribution >= 0.6 is 0 Å². The van der Waals surface area contributed by atoms with Gasteiger partial charge in [-0.15, -0.1) is 0 Å². The van der Waals surface area contributed by atoms with E-state index in [1.165, 1.54) is 50.6 Å². The van der Waals surface area contributed by atoms with Gasteiger partial charge in [-0.05, 0) is 37.4 Å². The second-order valence-electron chi connectivity index (χ2n) is 5.37. The van der Waals surface area contributed by atoms with Crippen LogP contribution in [0.2, 0.25) is 0 Å². The first-order valence-electron chi connectivity index (χ1n) is 7.27. The Hall–Kier alpha value is -0.760. The average molecular weight is 234 g/mol. The lowest BCUT2D eigenvalue weighted by Gasteiger charge is -2.26. The molecule has 1 aliphatic rings. The Bertz CT molecular complexity index is 286. The third kappa shape index (κ3) is 3.88. The normalized spacial score (nSPS) is 19.4. The Morgan fingerprint density at radius 2 is 2.18 bits per heavy atom. The maximum atomic E-state index is 3.69. The van der Waals surface area contributed by atoms with Crippen LogP contribution in [0.5, 0.6) is 0 Å². The molecule has 1 aliphatic carbocycles. The topological polar surface area (TPSA) is 27.8 Å². The fourth-order valence-corrected chi connectivity index (χ4v) is 2.96. The summed E-state index contributed by atoms with van der Waals surface area (Å²) >= 11 is 0. The van der Waals surface area contributed by atoms with Crippen molar-refractivity contribution in [2.75, 3.05) is 6.54 Å². The van der Waals surface area contributed by atoms with E-state index in [1.807, 2.05) is 6.20 Å². The molecule has 0 radical (unpaired) electrons. The molecule has 96 valence electrons. The predicted molar refractivity (Wildman–Crippen MR) is 73.0 cm³/mol. The molecule has 0 amide bonds. The summed E-state index contributed by atoms with van der Waals surface area (Å²) in [5.41, 5.74) is 1.36. The maximum absolute atomic E-state index is 3.69. The molecule has 2 N–H and O–H groups in total. The molecule has 1 fully saturated rings. The minimum Gasteiger partial charge on any atom is -0.364 e. The molecule has 1 aromatic heterocycles. The minimum absolute atomic E-state index is 0.535. The molecule has 0 aromatic carbocycles. The molecule has 2 rings (SSSR count). The lowest BCUT2D eigenvalue weighted by molar-refractivity contribution is 0.298. The second kappa shape index (κ2) is 6.85. The van der Waals surface area contributed by atoms with Crippen LogP contribution in [0.15, 0.2) is 18.3 Å². The van der Waals surface area contributed by atoms with Gasteiger partial charge in [0.15, 0.2) is 0 Å². The third-order valence-corrected chi connectivity index (χ3v) is 3.93. The van der Waals surface area contributed by atoms with Crippen molar-refractivity contribution in [3.63, 3.8) is 0 Å². The number of aromatic amines is 1. The van der Waals surface area contributed by atoms with Crippen LogP contribution in [-0.4, -0.2) is 11.5 Å². The minimum atomic E-state index is 0.535. The van der Waals surface area contributed by atoms with Gasteiger partial charge in [0.05, 0.1) is 0 Å². The zero-order chi connectivity index (χ0) is 11.9. The summed E-state index contributed by atoms with van der Waals surface area (Å²) in [4.78, 5) is 3.37. The highest BCUT2D eigenvalue weighted by molar-refractivity contribution is 5.09.